The van der Waals surface area contributed by atoms with Gasteiger partial charge in [-0.05, 0) is 41.3 Å². The van der Waals surface area contributed by atoms with E-state index >= 15 is 0 Å². The largest absolute Gasteiger partial charge is 0.453 e. The summed E-state index contributed by atoms with van der Waals surface area (Å²) in [5.74, 6) is 2.73. The van der Waals surface area contributed by atoms with Crippen LogP contribution in [0.2, 0.25) is 0 Å². The number of aromatic nitrogens is 3. The van der Waals surface area contributed by atoms with Gasteiger partial charge in [-0.15, -0.1) is 0 Å². The maximum absolute atomic E-state index is 6.39. The molecule has 3 heterocycles. The Bertz CT molecular complexity index is 1700. The zero-order valence-electron chi connectivity index (χ0n) is 17.5. The standard InChI is InChI=1S/C28H19N3O/c1-2-25-30-22-12-6-14-24-28(22)31(25)27-20(10-5-13-23(27)32-24)21-16-17-8-3-4-9-18(17)26-19(21)11-7-15-29-26/h3-16H,2H2,1H3. The van der Waals surface area contributed by atoms with E-state index in [9.17, 15) is 0 Å². The van der Waals surface area contributed by atoms with Gasteiger partial charge in [0.15, 0.2) is 11.5 Å². The predicted octanol–water partition coefficient (Wildman–Crippen LogP) is 7.06. The lowest BCUT2D eigenvalue weighted by Crippen LogP contribution is -2.09. The average Bonchev–Trinajstić information content (AvgIpc) is 3.23. The minimum atomic E-state index is 0.835. The highest BCUT2D eigenvalue weighted by molar-refractivity contribution is 6.12. The first kappa shape index (κ1) is 17.5. The molecule has 4 aromatic carbocycles. The highest BCUT2D eigenvalue weighted by Crippen LogP contribution is 2.47. The molecule has 4 nitrogen and oxygen atoms in total. The molecule has 7 rings (SSSR count). The molecule has 0 saturated heterocycles. The molecule has 32 heavy (non-hydrogen) atoms. The van der Waals surface area contributed by atoms with Crippen LogP contribution >= 0.6 is 0 Å². The summed E-state index contributed by atoms with van der Waals surface area (Å²) < 4.78 is 8.68. The predicted molar refractivity (Wildman–Crippen MR) is 129 cm³/mol. The molecule has 0 amide bonds. The number of rotatable bonds is 2. The fourth-order valence-electron chi connectivity index (χ4n) is 5.01. The molecule has 152 valence electrons. The van der Waals surface area contributed by atoms with E-state index < -0.39 is 0 Å². The Morgan fingerprint density at radius 2 is 1.66 bits per heavy atom. The minimum Gasteiger partial charge on any atom is -0.453 e. The van der Waals surface area contributed by atoms with Crippen molar-refractivity contribution in [2.75, 3.05) is 0 Å². The lowest BCUT2D eigenvalue weighted by molar-refractivity contribution is 0.474. The Morgan fingerprint density at radius 1 is 0.812 bits per heavy atom. The number of ether oxygens (including phenoxy) is 1. The van der Waals surface area contributed by atoms with Crippen molar-refractivity contribution in [3.63, 3.8) is 0 Å². The fourth-order valence-corrected chi connectivity index (χ4v) is 5.01. The van der Waals surface area contributed by atoms with E-state index in [0.29, 0.717) is 0 Å². The van der Waals surface area contributed by atoms with Crippen LogP contribution in [0.1, 0.15) is 12.7 Å². The summed E-state index contributed by atoms with van der Waals surface area (Å²) >= 11 is 0. The topological polar surface area (TPSA) is 39.9 Å². The molecular formula is C28H19N3O. The number of hydrogen-bond acceptors (Lipinski definition) is 3. The first-order valence-corrected chi connectivity index (χ1v) is 10.9. The van der Waals surface area contributed by atoms with Crippen molar-refractivity contribution >= 4 is 32.7 Å². The highest BCUT2D eigenvalue weighted by Gasteiger charge is 2.27. The van der Waals surface area contributed by atoms with Crippen molar-refractivity contribution in [1.82, 2.24) is 14.5 Å². The molecule has 0 spiro atoms. The Hall–Kier alpha value is -4.18. The van der Waals surface area contributed by atoms with Crippen LogP contribution in [0.15, 0.2) is 85.1 Å². The van der Waals surface area contributed by atoms with Gasteiger partial charge < -0.3 is 4.74 Å². The average molecular weight is 413 g/mol. The second-order valence-corrected chi connectivity index (χ2v) is 8.14. The van der Waals surface area contributed by atoms with Crippen molar-refractivity contribution < 1.29 is 4.74 Å². The number of fused-ring (bicyclic) bond motifs is 5. The zero-order chi connectivity index (χ0) is 21.2. The molecule has 0 atom stereocenters. The van der Waals surface area contributed by atoms with Crippen molar-refractivity contribution in [2.24, 2.45) is 0 Å². The number of hydrogen-bond donors (Lipinski definition) is 0. The molecule has 0 radical (unpaired) electrons. The van der Waals surface area contributed by atoms with Gasteiger partial charge >= 0.3 is 0 Å². The lowest BCUT2D eigenvalue weighted by Gasteiger charge is -2.24. The van der Waals surface area contributed by atoms with Crippen molar-refractivity contribution in [2.45, 2.75) is 13.3 Å². The van der Waals surface area contributed by atoms with E-state index in [-0.39, 0.29) is 0 Å². The number of imidazole rings is 1. The summed E-state index contributed by atoms with van der Waals surface area (Å²) in [6.45, 7) is 2.15. The van der Waals surface area contributed by atoms with Gasteiger partial charge in [0.1, 0.15) is 11.3 Å². The molecule has 0 saturated carbocycles. The minimum absolute atomic E-state index is 0.835. The van der Waals surface area contributed by atoms with Crippen LogP contribution in [0.4, 0.5) is 0 Å². The Balaban J connectivity index is 1.64. The van der Waals surface area contributed by atoms with Crippen molar-refractivity contribution in [3.05, 3.63) is 90.9 Å². The SMILES string of the molecule is CCc1nc2cccc3c2n1-c1c(cccc1-c1cc2ccccc2c2ncccc12)O3. The van der Waals surface area contributed by atoms with Gasteiger partial charge in [-0.1, -0.05) is 55.5 Å². The van der Waals surface area contributed by atoms with Crippen LogP contribution in [0.5, 0.6) is 11.5 Å². The van der Waals surface area contributed by atoms with Gasteiger partial charge in [0, 0.05) is 29.0 Å². The third-order valence-electron chi connectivity index (χ3n) is 6.37. The van der Waals surface area contributed by atoms with Gasteiger partial charge in [-0.3, -0.25) is 9.55 Å². The quantitative estimate of drug-likeness (QED) is 0.285. The molecule has 4 heteroatoms. The second kappa shape index (κ2) is 6.41. The Labute approximate surface area is 184 Å². The van der Waals surface area contributed by atoms with E-state index in [0.717, 1.165) is 67.9 Å². The fraction of sp³-hybridized carbons (Fsp3) is 0.0714. The Kier molecular flexibility index (Phi) is 3.50. The van der Waals surface area contributed by atoms with Crippen LogP contribution in [0.25, 0.3) is 49.5 Å². The van der Waals surface area contributed by atoms with Crippen LogP contribution in [-0.2, 0) is 6.42 Å². The van der Waals surface area contributed by atoms with Gasteiger partial charge in [0.05, 0.1) is 16.7 Å². The molecule has 1 aliphatic rings. The summed E-state index contributed by atoms with van der Waals surface area (Å²) in [5, 5.41) is 3.47. The van der Waals surface area contributed by atoms with Gasteiger partial charge in [-0.2, -0.15) is 0 Å². The molecule has 0 bridgehead atoms. The number of pyridine rings is 1. The van der Waals surface area contributed by atoms with Crippen LogP contribution in [0, 0.1) is 0 Å². The van der Waals surface area contributed by atoms with Crippen LogP contribution in [0.3, 0.4) is 0 Å². The number of para-hydroxylation sites is 2. The highest BCUT2D eigenvalue weighted by atomic mass is 16.5. The number of aryl methyl sites for hydroxylation is 1. The van der Waals surface area contributed by atoms with Crippen molar-refractivity contribution in [3.8, 4) is 28.3 Å². The van der Waals surface area contributed by atoms with Crippen LogP contribution < -0.4 is 4.74 Å². The number of benzene rings is 4. The number of nitrogens with zero attached hydrogens (tertiary/aromatic N) is 3. The monoisotopic (exact) mass is 413 g/mol. The third kappa shape index (κ3) is 2.26. The normalized spacial score (nSPS) is 12.3. The molecule has 6 aromatic rings. The molecule has 2 aromatic heterocycles. The lowest BCUT2D eigenvalue weighted by atomic mass is 9.94. The summed E-state index contributed by atoms with van der Waals surface area (Å²) in [7, 11) is 0. The van der Waals surface area contributed by atoms with Crippen molar-refractivity contribution in [1.29, 1.82) is 0 Å². The first-order valence-electron chi connectivity index (χ1n) is 10.9. The van der Waals surface area contributed by atoms with Gasteiger partial charge in [-0.25, -0.2) is 4.98 Å². The molecule has 0 fully saturated rings. The summed E-state index contributed by atoms with van der Waals surface area (Å²) in [4.78, 5) is 9.67. The first-order chi connectivity index (χ1) is 15.8. The molecule has 0 unspecified atom stereocenters. The van der Waals surface area contributed by atoms with E-state index in [2.05, 4.69) is 66.1 Å². The van der Waals surface area contributed by atoms with E-state index in [1.807, 2.05) is 30.5 Å². The molecule has 0 aliphatic carbocycles. The summed E-state index contributed by atoms with van der Waals surface area (Å²) in [5.41, 5.74) is 6.33. The van der Waals surface area contributed by atoms with E-state index in [1.54, 1.807) is 0 Å². The Morgan fingerprint density at radius 3 is 2.59 bits per heavy atom. The smallest absolute Gasteiger partial charge is 0.153 e. The maximum Gasteiger partial charge on any atom is 0.153 e. The molecular weight excluding hydrogens is 394 g/mol. The maximum atomic E-state index is 6.39. The van der Waals surface area contributed by atoms with E-state index in [1.165, 1.54) is 5.39 Å². The molecule has 1 aliphatic heterocycles. The van der Waals surface area contributed by atoms with E-state index in [4.69, 9.17) is 14.7 Å². The molecule has 0 N–H and O–H groups in total. The zero-order valence-corrected chi connectivity index (χ0v) is 17.5. The van der Waals surface area contributed by atoms with Crippen LogP contribution in [-0.4, -0.2) is 14.5 Å². The summed E-state index contributed by atoms with van der Waals surface area (Å²) in [6, 6.07) is 27.3. The van der Waals surface area contributed by atoms with Gasteiger partial charge in [0.25, 0.3) is 0 Å². The third-order valence-corrected chi connectivity index (χ3v) is 6.37. The second-order valence-electron chi connectivity index (χ2n) is 8.14. The summed E-state index contributed by atoms with van der Waals surface area (Å²) in [6.07, 6.45) is 2.70. The van der Waals surface area contributed by atoms with Gasteiger partial charge in [0.2, 0.25) is 0 Å².